The van der Waals surface area contributed by atoms with Crippen molar-refractivity contribution >= 4 is 44.2 Å². The van der Waals surface area contributed by atoms with Crippen molar-refractivity contribution in [3.8, 4) is 0 Å². The molecule has 0 radical (unpaired) electrons. The van der Waals surface area contributed by atoms with Crippen molar-refractivity contribution in [2.75, 3.05) is 11.9 Å². The minimum atomic E-state index is -0.973. The summed E-state index contributed by atoms with van der Waals surface area (Å²) in [5.74, 6) is -0.973. The molecule has 0 aliphatic rings. The Labute approximate surface area is 121 Å². The summed E-state index contributed by atoms with van der Waals surface area (Å²) in [7, 11) is 0. The molecule has 0 fully saturated rings. The van der Waals surface area contributed by atoms with E-state index >= 15 is 0 Å². The smallest absolute Gasteiger partial charge is 0.311 e. The van der Waals surface area contributed by atoms with Crippen molar-refractivity contribution in [2.45, 2.75) is 6.42 Å². The highest BCUT2D eigenvalue weighted by Crippen LogP contribution is 2.33. The first kappa shape index (κ1) is 14.2. The number of benzene rings is 1. The first-order chi connectivity index (χ1) is 9.49. The number of carbonyl (C=O) groups is 1. The zero-order valence-corrected chi connectivity index (χ0v) is 11.8. The number of aromatic nitrogens is 1. The lowest BCUT2D eigenvalue weighted by molar-refractivity contribution is -0.384. The number of nitrogens with one attached hydrogen (secondary N) is 1. The van der Waals surface area contributed by atoms with Gasteiger partial charge in [0.05, 0.1) is 16.9 Å². The Kier molecular flexibility index (Phi) is 4.14. The second kappa shape index (κ2) is 5.83. The molecule has 8 heteroatoms. The minimum Gasteiger partial charge on any atom is -0.481 e. The maximum atomic E-state index is 11.0. The van der Waals surface area contributed by atoms with E-state index < -0.39 is 10.9 Å². The summed E-state index contributed by atoms with van der Waals surface area (Å²) in [6, 6.07) is 5.21. The summed E-state index contributed by atoms with van der Waals surface area (Å²) < 4.78 is 0.758. The van der Waals surface area contributed by atoms with Gasteiger partial charge in [-0.2, -0.15) is 0 Å². The number of rotatable bonds is 5. The Balaban J connectivity index is 2.50. The highest BCUT2D eigenvalue weighted by atomic mass is 79.9. The number of carboxylic acid groups (broad SMARTS) is 1. The van der Waals surface area contributed by atoms with Gasteiger partial charge in [-0.15, -0.1) is 0 Å². The predicted octanol–water partition coefficient (Wildman–Crippen LogP) is 2.79. The Morgan fingerprint density at radius 2 is 2.25 bits per heavy atom. The normalized spacial score (nSPS) is 10.4. The van der Waals surface area contributed by atoms with Crippen molar-refractivity contribution in [1.82, 2.24) is 4.98 Å². The maximum absolute atomic E-state index is 11.0. The van der Waals surface area contributed by atoms with E-state index in [0.717, 1.165) is 4.47 Å². The van der Waals surface area contributed by atoms with Crippen molar-refractivity contribution < 1.29 is 14.8 Å². The minimum absolute atomic E-state index is 0.0990. The molecule has 104 valence electrons. The van der Waals surface area contributed by atoms with E-state index in [-0.39, 0.29) is 24.3 Å². The van der Waals surface area contributed by atoms with Gasteiger partial charge in [-0.05, 0) is 18.2 Å². The van der Waals surface area contributed by atoms with Crippen LogP contribution < -0.4 is 5.32 Å². The van der Waals surface area contributed by atoms with E-state index in [4.69, 9.17) is 5.11 Å². The molecule has 0 saturated carbocycles. The van der Waals surface area contributed by atoms with Crippen LogP contribution in [0.3, 0.4) is 0 Å². The van der Waals surface area contributed by atoms with Crippen LogP contribution in [-0.2, 0) is 4.79 Å². The van der Waals surface area contributed by atoms with Crippen LogP contribution in [0.4, 0.5) is 11.4 Å². The third kappa shape index (κ3) is 3.02. The van der Waals surface area contributed by atoms with Crippen LogP contribution in [0.2, 0.25) is 0 Å². The number of pyridine rings is 1. The monoisotopic (exact) mass is 339 g/mol. The molecule has 1 heterocycles. The van der Waals surface area contributed by atoms with E-state index in [2.05, 4.69) is 26.2 Å². The second-order valence-corrected chi connectivity index (χ2v) is 4.92. The van der Waals surface area contributed by atoms with E-state index in [1.165, 1.54) is 6.20 Å². The summed E-state index contributed by atoms with van der Waals surface area (Å²) >= 11 is 3.30. The largest absolute Gasteiger partial charge is 0.481 e. The van der Waals surface area contributed by atoms with E-state index in [9.17, 15) is 14.9 Å². The fourth-order valence-corrected chi connectivity index (χ4v) is 2.13. The Bertz CT molecular complexity index is 690. The summed E-state index contributed by atoms with van der Waals surface area (Å²) in [4.78, 5) is 25.1. The average Bonchev–Trinajstić information content (AvgIpc) is 2.38. The van der Waals surface area contributed by atoms with Crippen LogP contribution in [0.15, 0.2) is 28.9 Å². The van der Waals surface area contributed by atoms with Crippen molar-refractivity contribution in [3.63, 3.8) is 0 Å². The molecule has 0 bridgehead atoms. The van der Waals surface area contributed by atoms with Crippen LogP contribution >= 0.6 is 15.9 Å². The number of carboxylic acids is 1. The molecule has 1 aromatic carbocycles. The molecule has 2 rings (SSSR count). The van der Waals surface area contributed by atoms with Gasteiger partial charge in [0.15, 0.2) is 0 Å². The number of anilines is 1. The molecule has 2 N–H and O–H groups in total. The molecule has 0 saturated heterocycles. The molecule has 2 aromatic rings. The molecule has 0 unspecified atom stereocenters. The van der Waals surface area contributed by atoms with Crippen molar-refractivity contribution in [2.24, 2.45) is 0 Å². The van der Waals surface area contributed by atoms with Crippen LogP contribution in [0, 0.1) is 10.1 Å². The van der Waals surface area contributed by atoms with Gasteiger partial charge in [-0.1, -0.05) is 15.9 Å². The lowest BCUT2D eigenvalue weighted by Gasteiger charge is -2.09. The van der Waals surface area contributed by atoms with E-state index in [0.29, 0.717) is 10.9 Å². The molecule has 0 atom stereocenters. The lowest BCUT2D eigenvalue weighted by Crippen LogP contribution is -2.09. The quantitative estimate of drug-likeness (QED) is 0.640. The van der Waals surface area contributed by atoms with Gasteiger partial charge in [0.2, 0.25) is 0 Å². The summed E-state index contributed by atoms with van der Waals surface area (Å²) in [5, 5.41) is 23.1. The number of aliphatic carboxylic acids is 1. The SMILES string of the molecule is O=C(O)CCNc1c([N+](=O)[O-])cnc2ccc(Br)cc12. The molecule has 0 aliphatic heterocycles. The highest BCUT2D eigenvalue weighted by Gasteiger charge is 2.18. The lowest BCUT2D eigenvalue weighted by atomic mass is 10.1. The second-order valence-electron chi connectivity index (χ2n) is 4.01. The van der Waals surface area contributed by atoms with Gasteiger partial charge < -0.3 is 10.4 Å². The Morgan fingerprint density at radius 3 is 2.90 bits per heavy atom. The topological polar surface area (TPSA) is 105 Å². The number of fused-ring (bicyclic) bond motifs is 1. The molecule has 0 amide bonds. The molecule has 0 spiro atoms. The van der Waals surface area contributed by atoms with Gasteiger partial charge in [0.1, 0.15) is 11.9 Å². The van der Waals surface area contributed by atoms with Gasteiger partial charge in [0, 0.05) is 16.4 Å². The van der Waals surface area contributed by atoms with Crippen molar-refractivity contribution in [1.29, 1.82) is 0 Å². The summed E-state index contributed by atoms with van der Waals surface area (Å²) in [5.41, 5.74) is 0.695. The van der Waals surface area contributed by atoms with Crippen LogP contribution in [0.25, 0.3) is 10.9 Å². The molecule has 1 aromatic heterocycles. The first-order valence-corrected chi connectivity index (χ1v) is 6.46. The molecule has 20 heavy (non-hydrogen) atoms. The zero-order chi connectivity index (χ0) is 14.7. The number of hydrogen-bond acceptors (Lipinski definition) is 5. The van der Waals surface area contributed by atoms with Crippen LogP contribution in [0.1, 0.15) is 6.42 Å². The average molecular weight is 340 g/mol. The third-order valence-electron chi connectivity index (χ3n) is 2.65. The Morgan fingerprint density at radius 1 is 1.50 bits per heavy atom. The zero-order valence-electron chi connectivity index (χ0n) is 10.2. The number of hydrogen-bond donors (Lipinski definition) is 2. The number of nitro groups is 1. The standard InChI is InChI=1S/C12H10BrN3O4/c13-7-1-2-9-8(5-7)12(14-4-3-11(17)18)10(6-15-9)16(19)20/h1-2,5-6H,3-4H2,(H,14,15)(H,17,18). The molecular weight excluding hydrogens is 330 g/mol. The predicted molar refractivity (Wildman–Crippen MR) is 76.8 cm³/mol. The van der Waals surface area contributed by atoms with Gasteiger partial charge in [-0.3, -0.25) is 14.9 Å². The fraction of sp³-hybridized carbons (Fsp3) is 0.167. The third-order valence-corrected chi connectivity index (χ3v) is 3.14. The van der Waals surface area contributed by atoms with Gasteiger partial charge >= 0.3 is 11.7 Å². The van der Waals surface area contributed by atoms with Crippen LogP contribution in [-0.4, -0.2) is 27.5 Å². The first-order valence-electron chi connectivity index (χ1n) is 5.67. The maximum Gasteiger partial charge on any atom is 0.311 e. The summed E-state index contributed by atoms with van der Waals surface area (Å²) in [6.45, 7) is 0.0990. The van der Waals surface area contributed by atoms with Gasteiger partial charge in [-0.25, -0.2) is 4.98 Å². The van der Waals surface area contributed by atoms with E-state index in [1.54, 1.807) is 18.2 Å². The van der Waals surface area contributed by atoms with E-state index in [1.807, 2.05) is 0 Å². The molecule has 7 nitrogen and oxygen atoms in total. The number of nitrogens with zero attached hydrogens (tertiary/aromatic N) is 2. The fourth-order valence-electron chi connectivity index (χ4n) is 1.77. The molecule has 0 aliphatic carbocycles. The Hall–Kier alpha value is -2.22. The number of halogens is 1. The van der Waals surface area contributed by atoms with Crippen LogP contribution in [0.5, 0.6) is 0 Å². The van der Waals surface area contributed by atoms with Crippen molar-refractivity contribution in [3.05, 3.63) is 39.0 Å². The molecular formula is C12H10BrN3O4. The van der Waals surface area contributed by atoms with Gasteiger partial charge in [0.25, 0.3) is 0 Å². The summed E-state index contributed by atoms with van der Waals surface area (Å²) in [6.07, 6.45) is 1.04. The highest BCUT2D eigenvalue weighted by molar-refractivity contribution is 9.10.